The lowest BCUT2D eigenvalue weighted by Gasteiger charge is -2.27. The Labute approximate surface area is 130 Å². The molecule has 1 aromatic heterocycles. The summed E-state index contributed by atoms with van der Waals surface area (Å²) in [5, 5.41) is 13.5. The van der Waals surface area contributed by atoms with Crippen LogP contribution in [-0.4, -0.2) is 32.9 Å². The molecule has 1 aliphatic heterocycles. The Kier molecular flexibility index (Phi) is 3.20. The Morgan fingerprint density at radius 3 is 2.68 bits per heavy atom. The maximum atomic E-state index is 12.5. The van der Waals surface area contributed by atoms with Gasteiger partial charge in [-0.05, 0) is 51.5 Å². The molecule has 6 nitrogen and oxygen atoms in total. The molecule has 1 saturated heterocycles. The second-order valence-electron chi connectivity index (χ2n) is 7.52. The van der Waals surface area contributed by atoms with Gasteiger partial charge in [-0.15, -0.1) is 0 Å². The molecule has 22 heavy (non-hydrogen) atoms. The predicted molar refractivity (Wildman–Crippen MR) is 79.9 cm³/mol. The third-order valence-electron chi connectivity index (χ3n) is 4.45. The van der Waals surface area contributed by atoms with Crippen LogP contribution in [0, 0.1) is 16.7 Å². The molecule has 3 rings (SSSR count). The summed E-state index contributed by atoms with van der Waals surface area (Å²) in [6.45, 7) is 6.34. The second kappa shape index (κ2) is 4.73. The zero-order chi connectivity index (χ0) is 16.1. The Morgan fingerprint density at radius 2 is 2.18 bits per heavy atom. The summed E-state index contributed by atoms with van der Waals surface area (Å²) in [5.74, 6) is 0. The summed E-state index contributed by atoms with van der Waals surface area (Å²) < 4.78 is 7.12. The fourth-order valence-electron chi connectivity index (χ4n) is 3.13. The van der Waals surface area contributed by atoms with E-state index in [9.17, 15) is 4.79 Å². The highest BCUT2D eigenvalue weighted by Gasteiger charge is 2.54. The van der Waals surface area contributed by atoms with Crippen molar-refractivity contribution in [3.63, 3.8) is 0 Å². The van der Waals surface area contributed by atoms with Crippen LogP contribution in [0.25, 0.3) is 0 Å². The van der Waals surface area contributed by atoms with Gasteiger partial charge >= 0.3 is 6.09 Å². The lowest BCUT2D eigenvalue weighted by atomic mass is 10.0. The maximum absolute atomic E-state index is 12.5. The summed E-state index contributed by atoms with van der Waals surface area (Å²) in [6, 6.07) is 3.81. The number of likely N-dealkylation sites (tertiary alicyclic amines) is 1. The number of carbonyl (C=O) groups excluding carboxylic acids is 1. The monoisotopic (exact) mass is 302 g/mol. The molecule has 0 N–H and O–H groups in total. The van der Waals surface area contributed by atoms with Crippen molar-refractivity contribution in [1.29, 1.82) is 5.26 Å². The summed E-state index contributed by atoms with van der Waals surface area (Å²) in [5.41, 5.74) is 1.03. The van der Waals surface area contributed by atoms with E-state index >= 15 is 0 Å². The Bertz CT molecular complexity index is 646. The third kappa shape index (κ3) is 2.68. The van der Waals surface area contributed by atoms with E-state index in [1.54, 1.807) is 22.7 Å². The number of hydrogen-bond acceptors (Lipinski definition) is 4. The van der Waals surface area contributed by atoms with Gasteiger partial charge in [-0.3, -0.25) is 9.58 Å². The first-order valence-electron chi connectivity index (χ1n) is 7.67. The highest BCUT2D eigenvalue weighted by Crippen LogP contribution is 2.58. The summed E-state index contributed by atoms with van der Waals surface area (Å²) >= 11 is 0. The average molecular weight is 302 g/mol. The minimum Gasteiger partial charge on any atom is -0.444 e. The molecule has 0 unspecified atom stereocenters. The topological polar surface area (TPSA) is 71.2 Å². The molecule has 1 saturated carbocycles. The van der Waals surface area contributed by atoms with E-state index in [1.165, 1.54) is 0 Å². The number of aromatic nitrogens is 2. The minimum absolute atomic E-state index is 0.0920. The van der Waals surface area contributed by atoms with Gasteiger partial charge < -0.3 is 4.74 Å². The summed E-state index contributed by atoms with van der Waals surface area (Å²) in [7, 11) is 1.75. The van der Waals surface area contributed by atoms with Crippen molar-refractivity contribution in [1.82, 2.24) is 14.7 Å². The standard InChI is InChI=1S/C16H22N4O2/c1-15(2,3)22-14(21)20-10-16(5-6-16)8-13(20)12-7-11(9-17)19(4)18-12/h7,13H,5-6,8,10H2,1-4H3/t13-/m0/s1. The van der Waals surface area contributed by atoms with Crippen molar-refractivity contribution in [2.24, 2.45) is 12.5 Å². The van der Waals surface area contributed by atoms with Crippen LogP contribution in [0.2, 0.25) is 0 Å². The Morgan fingerprint density at radius 1 is 1.50 bits per heavy atom. The maximum Gasteiger partial charge on any atom is 0.410 e. The SMILES string of the molecule is Cn1nc([C@@H]2CC3(CC3)CN2C(=O)OC(C)(C)C)cc1C#N. The number of hydrogen-bond donors (Lipinski definition) is 0. The molecular formula is C16H22N4O2. The van der Waals surface area contributed by atoms with E-state index < -0.39 is 5.60 Å². The van der Waals surface area contributed by atoms with Gasteiger partial charge in [0.05, 0.1) is 11.7 Å². The van der Waals surface area contributed by atoms with Crippen LogP contribution >= 0.6 is 0 Å². The molecule has 2 fully saturated rings. The molecule has 2 heterocycles. The van der Waals surface area contributed by atoms with Gasteiger partial charge in [-0.1, -0.05) is 0 Å². The van der Waals surface area contributed by atoms with Crippen molar-refractivity contribution in [2.75, 3.05) is 6.54 Å². The fraction of sp³-hybridized carbons (Fsp3) is 0.688. The van der Waals surface area contributed by atoms with Crippen molar-refractivity contribution in [3.05, 3.63) is 17.5 Å². The average Bonchev–Trinajstić information content (AvgIpc) is 2.88. The quantitative estimate of drug-likeness (QED) is 0.799. The largest absolute Gasteiger partial charge is 0.444 e. The van der Waals surface area contributed by atoms with E-state index in [0.29, 0.717) is 5.69 Å². The van der Waals surface area contributed by atoms with Gasteiger partial charge in [0.15, 0.2) is 0 Å². The smallest absolute Gasteiger partial charge is 0.410 e. The minimum atomic E-state index is -0.511. The number of nitrogens with zero attached hydrogens (tertiary/aromatic N) is 4. The van der Waals surface area contributed by atoms with Crippen molar-refractivity contribution in [3.8, 4) is 6.07 Å². The lowest BCUT2D eigenvalue weighted by Crippen LogP contribution is -2.37. The second-order valence-corrected chi connectivity index (χ2v) is 7.52. The predicted octanol–water partition coefficient (Wildman–Crippen LogP) is 2.75. The normalized spacial score (nSPS) is 22.7. The van der Waals surface area contributed by atoms with Gasteiger partial charge in [-0.25, -0.2) is 4.79 Å². The molecular weight excluding hydrogens is 280 g/mol. The first kappa shape index (κ1) is 14.9. The van der Waals surface area contributed by atoms with Gasteiger partial charge in [0.1, 0.15) is 17.4 Å². The molecule has 1 spiro atoms. The molecule has 1 atom stereocenters. The van der Waals surface area contributed by atoms with E-state index in [1.807, 2.05) is 20.8 Å². The summed E-state index contributed by atoms with van der Waals surface area (Å²) in [6.07, 6.45) is 2.93. The number of aryl methyl sites for hydroxylation is 1. The zero-order valence-corrected chi connectivity index (χ0v) is 13.6. The van der Waals surface area contributed by atoms with E-state index in [4.69, 9.17) is 10.00 Å². The van der Waals surface area contributed by atoms with E-state index in [2.05, 4.69) is 11.2 Å². The number of nitriles is 1. The molecule has 1 aliphatic carbocycles. The van der Waals surface area contributed by atoms with E-state index in [0.717, 1.165) is 31.5 Å². The molecule has 0 bridgehead atoms. The first-order chi connectivity index (χ1) is 10.2. The van der Waals surface area contributed by atoms with Crippen LogP contribution in [-0.2, 0) is 11.8 Å². The van der Waals surface area contributed by atoms with Gasteiger partial charge in [0.2, 0.25) is 0 Å². The Balaban J connectivity index is 1.87. The highest BCUT2D eigenvalue weighted by molar-refractivity contribution is 5.69. The van der Waals surface area contributed by atoms with Gasteiger partial charge in [-0.2, -0.15) is 10.4 Å². The molecule has 0 radical (unpaired) electrons. The molecule has 6 heteroatoms. The van der Waals surface area contributed by atoms with Crippen molar-refractivity contribution >= 4 is 6.09 Å². The molecule has 0 aromatic carbocycles. The van der Waals surface area contributed by atoms with Crippen LogP contribution < -0.4 is 0 Å². The number of amides is 1. The first-order valence-corrected chi connectivity index (χ1v) is 7.67. The van der Waals surface area contributed by atoms with Crippen LogP contribution in [0.3, 0.4) is 0 Å². The highest BCUT2D eigenvalue weighted by atomic mass is 16.6. The van der Waals surface area contributed by atoms with Crippen molar-refractivity contribution in [2.45, 2.75) is 51.7 Å². The van der Waals surface area contributed by atoms with Crippen molar-refractivity contribution < 1.29 is 9.53 Å². The third-order valence-corrected chi connectivity index (χ3v) is 4.45. The van der Waals surface area contributed by atoms with Gasteiger partial charge in [0.25, 0.3) is 0 Å². The number of carbonyl (C=O) groups is 1. The summed E-state index contributed by atoms with van der Waals surface area (Å²) in [4.78, 5) is 14.3. The number of ether oxygens (including phenoxy) is 1. The Hall–Kier alpha value is -2.03. The molecule has 118 valence electrons. The van der Waals surface area contributed by atoms with E-state index in [-0.39, 0.29) is 17.6 Å². The van der Waals surface area contributed by atoms with Crippen LogP contribution in [0.1, 0.15) is 57.5 Å². The number of rotatable bonds is 1. The molecule has 2 aliphatic rings. The van der Waals surface area contributed by atoms with Crippen LogP contribution in [0.4, 0.5) is 4.79 Å². The molecule has 1 amide bonds. The lowest BCUT2D eigenvalue weighted by molar-refractivity contribution is 0.0214. The zero-order valence-electron chi connectivity index (χ0n) is 13.6. The van der Waals surface area contributed by atoms with Gasteiger partial charge in [0, 0.05) is 13.6 Å². The van der Waals surface area contributed by atoms with Crippen LogP contribution in [0.15, 0.2) is 6.07 Å². The van der Waals surface area contributed by atoms with Crippen LogP contribution in [0.5, 0.6) is 0 Å². The fourth-order valence-corrected chi connectivity index (χ4v) is 3.13. The molecule has 1 aromatic rings.